The summed E-state index contributed by atoms with van der Waals surface area (Å²) >= 11 is 0. The van der Waals surface area contributed by atoms with Crippen LogP contribution in [-0.4, -0.2) is 4.57 Å². The fourth-order valence-electron chi connectivity index (χ4n) is 0.935. The van der Waals surface area contributed by atoms with E-state index < -0.39 is 0 Å². The van der Waals surface area contributed by atoms with Crippen molar-refractivity contribution in [3.8, 4) is 0 Å². The third kappa shape index (κ3) is 1.10. The molecule has 0 unspecified atom stereocenters. The molecular weight excluding hydrogens is 124 g/mol. The lowest BCUT2D eigenvalue weighted by Crippen LogP contribution is -2.20. The van der Waals surface area contributed by atoms with Gasteiger partial charge in [-0.3, -0.25) is 5.41 Å². The number of aryl methyl sites for hydroxylation is 2. The average Bonchev–Trinajstić information content (AvgIpc) is 1.95. The normalized spacial score (nSPS) is 9.80. The molecule has 0 aliphatic carbocycles. The Morgan fingerprint density at radius 3 is 2.80 bits per heavy atom. The summed E-state index contributed by atoms with van der Waals surface area (Å²) in [6, 6.07) is 3.92. The summed E-state index contributed by atoms with van der Waals surface area (Å²) in [6.45, 7) is 4.87. The van der Waals surface area contributed by atoms with Crippen LogP contribution in [0.5, 0.6) is 0 Å². The predicted molar refractivity (Wildman–Crippen MR) is 40.7 cm³/mol. The minimum atomic E-state index is 0.616. The lowest BCUT2D eigenvalue weighted by molar-refractivity contribution is 0.695. The highest BCUT2D eigenvalue weighted by Gasteiger charge is 1.89. The summed E-state index contributed by atoms with van der Waals surface area (Å²) in [5, 5.41) is 7.56. The van der Waals surface area contributed by atoms with Crippen LogP contribution in [0.1, 0.15) is 12.5 Å². The summed E-state index contributed by atoms with van der Waals surface area (Å²) in [7, 11) is 0. The van der Waals surface area contributed by atoms with Crippen LogP contribution in [0.2, 0.25) is 0 Å². The Hall–Kier alpha value is -1.05. The third-order valence-electron chi connectivity index (χ3n) is 1.61. The van der Waals surface area contributed by atoms with Crippen molar-refractivity contribution in [1.29, 1.82) is 5.41 Å². The van der Waals surface area contributed by atoms with Gasteiger partial charge in [0, 0.05) is 12.7 Å². The predicted octanol–water partition coefficient (Wildman–Crippen LogP) is 1.30. The van der Waals surface area contributed by atoms with E-state index in [0.29, 0.717) is 5.49 Å². The minimum Gasteiger partial charge on any atom is -0.334 e. The quantitative estimate of drug-likeness (QED) is 0.603. The van der Waals surface area contributed by atoms with Crippen LogP contribution in [0.4, 0.5) is 0 Å². The second-order valence-electron chi connectivity index (χ2n) is 2.33. The van der Waals surface area contributed by atoms with Gasteiger partial charge in [0.1, 0.15) is 5.49 Å². The molecule has 1 aromatic heterocycles. The van der Waals surface area contributed by atoms with E-state index in [1.807, 2.05) is 36.7 Å². The van der Waals surface area contributed by atoms with E-state index in [-0.39, 0.29) is 0 Å². The fourth-order valence-corrected chi connectivity index (χ4v) is 0.935. The largest absolute Gasteiger partial charge is 0.334 e. The van der Waals surface area contributed by atoms with Crippen molar-refractivity contribution >= 4 is 0 Å². The van der Waals surface area contributed by atoms with Gasteiger partial charge in [0.25, 0.3) is 0 Å². The van der Waals surface area contributed by atoms with Crippen LogP contribution in [-0.2, 0) is 6.54 Å². The first-order valence-corrected chi connectivity index (χ1v) is 3.46. The van der Waals surface area contributed by atoms with Gasteiger partial charge in [-0.1, -0.05) is 6.07 Å². The Labute approximate surface area is 60.6 Å². The number of hydrogen-bond donors (Lipinski definition) is 1. The van der Waals surface area contributed by atoms with E-state index >= 15 is 0 Å². The highest BCUT2D eigenvalue weighted by atomic mass is 15.0. The Kier molecular flexibility index (Phi) is 1.90. The first-order valence-electron chi connectivity index (χ1n) is 3.46. The smallest absolute Gasteiger partial charge is 0.127 e. The Bertz CT molecular complexity index is 273. The lowest BCUT2D eigenvalue weighted by atomic mass is 10.3. The molecule has 0 amide bonds. The highest BCUT2D eigenvalue weighted by Crippen LogP contribution is 1.87. The Morgan fingerprint density at radius 2 is 2.30 bits per heavy atom. The fraction of sp³-hybridized carbons (Fsp3) is 0.375. The van der Waals surface area contributed by atoms with Crippen LogP contribution in [0.3, 0.4) is 0 Å². The number of aromatic nitrogens is 1. The van der Waals surface area contributed by atoms with Crippen LogP contribution >= 0.6 is 0 Å². The van der Waals surface area contributed by atoms with Crippen LogP contribution in [0, 0.1) is 12.3 Å². The van der Waals surface area contributed by atoms with Crippen molar-refractivity contribution < 1.29 is 0 Å². The number of nitrogens with one attached hydrogen (secondary N) is 1. The van der Waals surface area contributed by atoms with E-state index in [4.69, 9.17) is 5.41 Å². The van der Waals surface area contributed by atoms with Gasteiger partial charge in [0.2, 0.25) is 0 Å². The maximum absolute atomic E-state index is 7.56. The maximum Gasteiger partial charge on any atom is 0.127 e. The zero-order chi connectivity index (χ0) is 7.56. The molecule has 0 fully saturated rings. The lowest BCUT2D eigenvalue weighted by Gasteiger charge is -2.02. The van der Waals surface area contributed by atoms with Crippen LogP contribution < -0.4 is 5.49 Å². The van der Waals surface area contributed by atoms with Crippen molar-refractivity contribution in [2.75, 3.05) is 0 Å². The van der Waals surface area contributed by atoms with Crippen molar-refractivity contribution in [1.82, 2.24) is 4.57 Å². The van der Waals surface area contributed by atoms with Gasteiger partial charge in [-0.25, -0.2) is 0 Å². The monoisotopic (exact) mass is 136 g/mol. The Balaban J connectivity index is 3.28. The third-order valence-corrected chi connectivity index (χ3v) is 1.61. The van der Waals surface area contributed by atoms with E-state index in [1.165, 1.54) is 0 Å². The van der Waals surface area contributed by atoms with Crippen molar-refractivity contribution in [3.05, 3.63) is 29.4 Å². The highest BCUT2D eigenvalue weighted by molar-refractivity contribution is 5.05. The average molecular weight is 136 g/mol. The molecule has 1 aromatic rings. The molecule has 0 aromatic carbocycles. The van der Waals surface area contributed by atoms with Crippen molar-refractivity contribution in [2.45, 2.75) is 20.4 Å². The summed E-state index contributed by atoms with van der Waals surface area (Å²) in [4.78, 5) is 0. The molecule has 2 heteroatoms. The van der Waals surface area contributed by atoms with Gasteiger partial charge in [0.15, 0.2) is 0 Å². The first kappa shape index (κ1) is 7.06. The zero-order valence-electron chi connectivity index (χ0n) is 6.39. The first-order chi connectivity index (χ1) is 4.75. The summed E-state index contributed by atoms with van der Waals surface area (Å²) < 4.78 is 1.91. The number of hydrogen-bond acceptors (Lipinski definition) is 1. The van der Waals surface area contributed by atoms with Gasteiger partial charge in [0.05, 0.1) is 0 Å². The zero-order valence-corrected chi connectivity index (χ0v) is 6.39. The number of pyridine rings is 1. The van der Waals surface area contributed by atoms with E-state index in [0.717, 1.165) is 12.1 Å². The van der Waals surface area contributed by atoms with Crippen LogP contribution in [0.25, 0.3) is 0 Å². The molecule has 0 aliphatic heterocycles. The molecule has 0 aliphatic rings. The van der Waals surface area contributed by atoms with Gasteiger partial charge in [-0.15, -0.1) is 0 Å². The summed E-state index contributed by atoms with van der Waals surface area (Å²) in [6.07, 6.45) is 1.93. The van der Waals surface area contributed by atoms with Gasteiger partial charge in [-0.05, 0) is 25.5 Å². The van der Waals surface area contributed by atoms with E-state index in [2.05, 4.69) is 0 Å². The van der Waals surface area contributed by atoms with Gasteiger partial charge < -0.3 is 4.57 Å². The standard InChI is InChI=1S/C8H12N2/c1-3-10-6-4-5-7(2)8(10)9/h4-6,9H,3H2,1-2H3. The van der Waals surface area contributed by atoms with E-state index in [9.17, 15) is 0 Å². The van der Waals surface area contributed by atoms with Crippen molar-refractivity contribution in [2.24, 2.45) is 0 Å². The molecule has 2 nitrogen and oxygen atoms in total. The van der Waals surface area contributed by atoms with E-state index in [1.54, 1.807) is 0 Å². The minimum absolute atomic E-state index is 0.616. The topological polar surface area (TPSA) is 28.8 Å². The molecule has 0 bridgehead atoms. The summed E-state index contributed by atoms with van der Waals surface area (Å²) in [5.41, 5.74) is 1.65. The molecule has 0 atom stereocenters. The molecule has 54 valence electrons. The molecule has 1 rings (SSSR count). The molecule has 10 heavy (non-hydrogen) atoms. The molecular formula is C8H12N2. The molecule has 0 saturated heterocycles. The number of rotatable bonds is 1. The molecule has 0 spiro atoms. The summed E-state index contributed by atoms with van der Waals surface area (Å²) in [5.74, 6) is 0. The molecule has 0 radical (unpaired) electrons. The second-order valence-corrected chi connectivity index (χ2v) is 2.33. The van der Waals surface area contributed by atoms with Gasteiger partial charge in [-0.2, -0.15) is 0 Å². The SMILES string of the molecule is CCn1cccc(C)c1=N. The van der Waals surface area contributed by atoms with Gasteiger partial charge >= 0.3 is 0 Å². The number of nitrogens with zero attached hydrogens (tertiary/aromatic N) is 1. The van der Waals surface area contributed by atoms with Crippen molar-refractivity contribution in [3.63, 3.8) is 0 Å². The molecule has 1 heterocycles. The molecule has 0 saturated carbocycles. The maximum atomic E-state index is 7.56. The van der Waals surface area contributed by atoms with Crippen LogP contribution in [0.15, 0.2) is 18.3 Å². The molecule has 1 N–H and O–H groups in total. The Morgan fingerprint density at radius 1 is 1.60 bits per heavy atom. The second kappa shape index (κ2) is 2.69.